The topological polar surface area (TPSA) is 64.0 Å². The molecule has 0 amide bonds. The van der Waals surface area contributed by atoms with Gasteiger partial charge in [0.25, 0.3) is 0 Å². The molecule has 0 aliphatic carbocycles. The molecular formula is C18H18F3N3O2S2. The number of nitrogens with one attached hydrogen (secondary N) is 1. The van der Waals surface area contributed by atoms with Gasteiger partial charge in [0.1, 0.15) is 0 Å². The van der Waals surface area contributed by atoms with E-state index < -0.39 is 32.7 Å². The van der Waals surface area contributed by atoms with Crippen molar-refractivity contribution in [2.24, 2.45) is 0 Å². The first kappa shape index (κ1) is 20.6. The van der Waals surface area contributed by atoms with E-state index >= 15 is 0 Å². The zero-order valence-corrected chi connectivity index (χ0v) is 16.7. The first-order chi connectivity index (χ1) is 13.1. The normalized spacial score (nSPS) is 13.6. The molecule has 0 saturated carbocycles. The molecule has 0 aliphatic rings. The van der Waals surface area contributed by atoms with E-state index in [1.54, 1.807) is 4.68 Å². The Morgan fingerprint density at radius 2 is 1.96 bits per heavy atom. The van der Waals surface area contributed by atoms with Gasteiger partial charge in [-0.05, 0) is 60.5 Å². The van der Waals surface area contributed by atoms with Crippen LogP contribution < -0.4 is 4.72 Å². The van der Waals surface area contributed by atoms with Gasteiger partial charge >= 0.3 is 6.18 Å². The van der Waals surface area contributed by atoms with Crippen LogP contribution in [0.5, 0.6) is 0 Å². The molecule has 28 heavy (non-hydrogen) atoms. The van der Waals surface area contributed by atoms with Gasteiger partial charge in [0.2, 0.25) is 10.0 Å². The fourth-order valence-electron chi connectivity index (χ4n) is 2.88. The molecular weight excluding hydrogens is 411 g/mol. The number of nitrogens with zero attached hydrogens (tertiary/aromatic N) is 2. The van der Waals surface area contributed by atoms with Gasteiger partial charge in [-0.25, -0.2) is 13.1 Å². The monoisotopic (exact) mass is 429 g/mol. The van der Waals surface area contributed by atoms with E-state index in [0.717, 1.165) is 35.2 Å². The lowest BCUT2D eigenvalue weighted by atomic mass is 10.1. The van der Waals surface area contributed by atoms with Crippen LogP contribution in [0, 0.1) is 13.8 Å². The van der Waals surface area contributed by atoms with Gasteiger partial charge < -0.3 is 0 Å². The van der Waals surface area contributed by atoms with Crippen LogP contribution >= 0.6 is 11.3 Å². The van der Waals surface area contributed by atoms with Crippen molar-refractivity contribution in [1.29, 1.82) is 0 Å². The molecule has 3 rings (SSSR count). The maximum atomic E-state index is 12.9. The van der Waals surface area contributed by atoms with Crippen molar-refractivity contribution in [2.45, 2.75) is 31.0 Å². The molecule has 0 spiro atoms. The van der Waals surface area contributed by atoms with Gasteiger partial charge in [0, 0.05) is 12.2 Å². The lowest BCUT2D eigenvalue weighted by molar-refractivity contribution is -0.137. The minimum absolute atomic E-state index is 0.0444. The summed E-state index contributed by atoms with van der Waals surface area (Å²) in [5, 5.41) is 8.18. The highest BCUT2D eigenvalue weighted by Gasteiger charge is 2.32. The number of alkyl halides is 3. The third-order valence-corrected chi connectivity index (χ3v) is 6.33. The summed E-state index contributed by atoms with van der Waals surface area (Å²) >= 11 is 1.47. The molecule has 0 bridgehead atoms. The number of rotatable bonds is 6. The zero-order chi connectivity index (χ0) is 20.5. The number of sulfonamides is 1. The third kappa shape index (κ3) is 4.45. The minimum atomic E-state index is -4.62. The molecule has 0 fully saturated rings. The number of benzene rings is 1. The van der Waals surface area contributed by atoms with E-state index in [9.17, 15) is 21.6 Å². The second-order valence-corrected chi connectivity index (χ2v) is 8.87. The molecule has 0 unspecified atom stereocenters. The Morgan fingerprint density at radius 1 is 1.21 bits per heavy atom. The summed E-state index contributed by atoms with van der Waals surface area (Å²) in [7, 11) is -4.13. The fourth-order valence-corrected chi connectivity index (χ4v) is 4.67. The van der Waals surface area contributed by atoms with E-state index in [1.165, 1.54) is 11.3 Å². The average Bonchev–Trinajstić information content (AvgIpc) is 3.25. The van der Waals surface area contributed by atoms with Crippen LogP contribution in [0.25, 0.3) is 0 Å². The van der Waals surface area contributed by atoms with E-state index in [4.69, 9.17) is 0 Å². The molecule has 2 aromatic heterocycles. The van der Waals surface area contributed by atoms with Crippen LogP contribution in [-0.2, 0) is 16.2 Å². The van der Waals surface area contributed by atoms with Crippen molar-refractivity contribution >= 4 is 21.4 Å². The molecule has 3 aromatic rings. The highest BCUT2D eigenvalue weighted by molar-refractivity contribution is 7.89. The predicted molar refractivity (Wildman–Crippen MR) is 101 cm³/mol. The van der Waals surface area contributed by atoms with Crippen LogP contribution in [0.3, 0.4) is 0 Å². The predicted octanol–water partition coefficient (Wildman–Crippen LogP) is 4.15. The summed E-state index contributed by atoms with van der Waals surface area (Å²) in [6.45, 7) is 3.65. The van der Waals surface area contributed by atoms with Gasteiger partial charge in [-0.15, -0.1) is 0 Å². The Hall–Kier alpha value is -2.17. The Balaban J connectivity index is 1.88. The van der Waals surface area contributed by atoms with Crippen molar-refractivity contribution in [3.8, 4) is 0 Å². The summed E-state index contributed by atoms with van der Waals surface area (Å²) in [5.41, 5.74) is 1.50. The van der Waals surface area contributed by atoms with Gasteiger partial charge in [-0.1, -0.05) is 6.07 Å². The molecule has 5 nitrogen and oxygen atoms in total. The first-order valence-corrected chi connectivity index (χ1v) is 10.7. The Labute approximate surface area is 164 Å². The van der Waals surface area contributed by atoms with E-state index in [1.807, 2.05) is 36.7 Å². The summed E-state index contributed by atoms with van der Waals surface area (Å²) in [6, 6.07) is 7.01. The van der Waals surface area contributed by atoms with Crippen molar-refractivity contribution in [3.63, 3.8) is 0 Å². The Bertz CT molecular complexity index is 1060. The minimum Gasteiger partial charge on any atom is -0.261 e. The largest absolute Gasteiger partial charge is 0.416 e. The second-order valence-electron chi connectivity index (χ2n) is 6.32. The summed E-state index contributed by atoms with van der Waals surface area (Å²) in [6.07, 6.45) is -4.62. The molecule has 1 aromatic carbocycles. The zero-order valence-electron chi connectivity index (χ0n) is 15.1. The molecule has 1 atom stereocenters. The maximum Gasteiger partial charge on any atom is 0.416 e. The van der Waals surface area contributed by atoms with E-state index in [-0.39, 0.29) is 6.54 Å². The number of thiophene rings is 1. The summed E-state index contributed by atoms with van der Waals surface area (Å²) < 4.78 is 68.0. The summed E-state index contributed by atoms with van der Waals surface area (Å²) in [5.74, 6) is 0. The number of aromatic nitrogens is 2. The molecule has 0 aliphatic heterocycles. The third-order valence-electron chi connectivity index (χ3n) is 4.21. The van der Waals surface area contributed by atoms with E-state index in [0.29, 0.717) is 6.07 Å². The summed E-state index contributed by atoms with van der Waals surface area (Å²) in [4.78, 5) is -0.431. The lowest BCUT2D eigenvalue weighted by Gasteiger charge is -2.19. The quantitative estimate of drug-likeness (QED) is 0.640. The van der Waals surface area contributed by atoms with Crippen LogP contribution in [0.2, 0.25) is 0 Å². The van der Waals surface area contributed by atoms with Crippen molar-refractivity contribution in [3.05, 3.63) is 69.7 Å². The van der Waals surface area contributed by atoms with E-state index in [2.05, 4.69) is 9.82 Å². The number of aryl methyl sites for hydroxylation is 2. The van der Waals surface area contributed by atoms with Gasteiger partial charge in [0.05, 0.1) is 22.2 Å². The molecule has 150 valence electrons. The van der Waals surface area contributed by atoms with Crippen LogP contribution in [0.15, 0.2) is 52.1 Å². The van der Waals surface area contributed by atoms with Gasteiger partial charge in [-0.3, -0.25) is 4.68 Å². The van der Waals surface area contributed by atoms with Crippen molar-refractivity contribution in [1.82, 2.24) is 14.5 Å². The Morgan fingerprint density at radius 3 is 2.54 bits per heavy atom. The number of hydrogen-bond donors (Lipinski definition) is 1. The molecule has 0 radical (unpaired) electrons. The SMILES string of the molecule is Cc1cc(C)n([C@@H](CNS(=O)(=O)c2cccc(C(F)(F)F)c2)c2ccsc2)n1. The molecule has 10 heteroatoms. The average molecular weight is 429 g/mol. The van der Waals surface area contributed by atoms with Crippen molar-refractivity contribution < 1.29 is 21.6 Å². The number of halogens is 3. The van der Waals surface area contributed by atoms with Crippen LogP contribution in [0.4, 0.5) is 13.2 Å². The highest BCUT2D eigenvalue weighted by atomic mass is 32.2. The van der Waals surface area contributed by atoms with Crippen molar-refractivity contribution in [2.75, 3.05) is 6.54 Å². The molecule has 2 heterocycles. The maximum absolute atomic E-state index is 12.9. The van der Waals surface area contributed by atoms with Crippen LogP contribution in [0.1, 0.15) is 28.6 Å². The lowest BCUT2D eigenvalue weighted by Crippen LogP contribution is -2.32. The second kappa shape index (κ2) is 7.69. The van der Waals surface area contributed by atoms with Gasteiger partial charge in [0.15, 0.2) is 0 Å². The van der Waals surface area contributed by atoms with Gasteiger partial charge in [-0.2, -0.15) is 29.6 Å². The smallest absolute Gasteiger partial charge is 0.261 e. The standard InChI is InChI=1S/C18H18F3N3O2S2/c1-12-8-13(2)24(23-12)17(14-6-7-27-11-14)10-22-28(25,26)16-5-3-4-15(9-16)18(19,20)21/h3-9,11,17,22H,10H2,1-2H3/t17-/m0/s1. The number of hydrogen-bond acceptors (Lipinski definition) is 4. The highest BCUT2D eigenvalue weighted by Crippen LogP contribution is 2.30. The van der Waals surface area contributed by atoms with Crippen LogP contribution in [-0.4, -0.2) is 24.7 Å². The fraction of sp³-hybridized carbons (Fsp3) is 0.278. The molecule has 0 saturated heterocycles. The Kier molecular flexibility index (Phi) is 5.64. The molecule has 1 N–H and O–H groups in total. The first-order valence-electron chi connectivity index (χ1n) is 8.30.